The molecule has 0 aliphatic carbocycles. The molecule has 1 aliphatic rings. The number of oxime groups is 1. The number of hydrogen-bond acceptors (Lipinski definition) is 4. The predicted molar refractivity (Wildman–Crippen MR) is 71.4 cm³/mol. The first-order valence-electron chi connectivity index (χ1n) is 5.65. The Kier molecular flexibility index (Phi) is 3.71. The fourth-order valence-electron chi connectivity index (χ4n) is 1.88. The zero-order valence-corrected chi connectivity index (χ0v) is 11.8. The molecule has 1 aromatic rings. The van der Waals surface area contributed by atoms with Gasteiger partial charge in [-0.3, -0.25) is 0 Å². The van der Waals surface area contributed by atoms with Crippen LogP contribution in [-0.4, -0.2) is 16.7 Å². The monoisotopic (exact) mass is 311 g/mol. The van der Waals surface area contributed by atoms with Gasteiger partial charge in [-0.2, -0.15) is 0 Å². The van der Waals surface area contributed by atoms with E-state index in [1.54, 1.807) is 0 Å². The first-order valence-corrected chi connectivity index (χ1v) is 6.57. The van der Waals surface area contributed by atoms with Crippen molar-refractivity contribution in [3.05, 3.63) is 35.9 Å². The highest BCUT2D eigenvalue weighted by atomic mass is 79.9. The van der Waals surface area contributed by atoms with Crippen LogP contribution in [0, 0.1) is 0 Å². The summed E-state index contributed by atoms with van der Waals surface area (Å²) in [5.41, 5.74) is 0.556. The average molecular weight is 312 g/mol. The van der Waals surface area contributed by atoms with Crippen molar-refractivity contribution in [1.29, 1.82) is 0 Å². The van der Waals surface area contributed by atoms with Crippen molar-refractivity contribution < 1.29 is 14.4 Å². The number of benzene rings is 1. The van der Waals surface area contributed by atoms with E-state index in [-0.39, 0.29) is 4.83 Å². The van der Waals surface area contributed by atoms with Gasteiger partial charge in [0.05, 0.1) is 4.83 Å². The van der Waals surface area contributed by atoms with Crippen molar-refractivity contribution in [2.45, 2.75) is 30.7 Å². The van der Waals surface area contributed by atoms with Crippen LogP contribution >= 0.6 is 15.9 Å². The van der Waals surface area contributed by atoms with Crippen molar-refractivity contribution in [3.8, 4) is 0 Å². The van der Waals surface area contributed by atoms with Crippen molar-refractivity contribution >= 4 is 27.8 Å². The summed E-state index contributed by atoms with van der Waals surface area (Å²) < 4.78 is 5.82. The SMILES string of the molecule is CC(=O)O/N=C1/C[C@H](Br)[C@@](C)(c2ccccc2)O1. The maximum Gasteiger partial charge on any atom is 0.332 e. The van der Waals surface area contributed by atoms with Crippen LogP contribution in [0.15, 0.2) is 35.5 Å². The summed E-state index contributed by atoms with van der Waals surface area (Å²) in [5.74, 6) is -0.0241. The average Bonchev–Trinajstić information content (AvgIpc) is 2.65. The van der Waals surface area contributed by atoms with E-state index in [9.17, 15) is 4.79 Å². The van der Waals surface area contributed by atoms with E-state index in [1.807, 2.05) is 37.3 Å². The lowest BCUT2D eigenvalue weighted by Crippen LogP contribution is -2.29. The van der Waals surface area contributed by atoms with Crippen LogP contribution in [0.2, 0.25) is 0 Å². The van der Waals surface area contributed by atoms with Crippen LogP contribution < -0.4 is 0 Å². The molecule has 4 nitrogen and oxygen atoms in total. The third-order valence-electron chi connectivity index (χ3n) is 2.90. The summed E-state index contributed by atoms with van der Waals surface area (Å²) in [6, 6.07) is 9.89. The van der Waals surface area contributed by atoms with Crippen molar-refractivity contribution in [3.63, 3.8) is 0 Å². The Labute approximate surface area is 114 Å². The number of carbonyl (C=O) groups is 1. The highest BCUT2D eigenvalue weighted by Crippen LogP contribution is 2.41. The maximum absolute atomic E-state index is 10.7. The molecule has 18 heavy (non-hydrogen) atoms. The molecule has 96 valence electrons. The summed E-state index contributed by atoms with van der Waals surface area (Å²) in [6.07, 6.45) is 0.582. The van der Waals surface area contributed by atoms with Gasteiger partial charge in [0, 0.05) is 13.3 Å². The zero-order valence-electron chi connectivity index (χ0n) is 10.2. The molecule has 2 atom stereocenters. The molecule has 0 amide bonds. The van der Waals surface area contributed by atoms with E-state index in [0.717, 1.165) is 5.56 Å². The molecule has 5 heteroatoms. The molecule has 1 aromatic carbocycles. The van der Waals surface area contributed by atoms with Crippen LogP contribution in [-0.2, 0) is 20.0 Å². The van der Waals surface area contributed by atoms with Crippen molar-refractivity contribution in [1.82, 2.24) is 0 Å². The molecular weight excluding hydrogens is 298 g/mol. The quantitative estimate of drug-likeness (QED) is 0.479. The van der Waals surface area contributed by atoms with E-state index < -0.39 is 11.6 Å². The topological polar surface area (TPSA) is 47.9 Å². The van der Waals surface area contributed by atoms with E-state index >= 15 is 0 Å². The van der Waals surface area contributed by atoms with Crippen LogP contribution in [0.4, 0.5) is 0 Å². The molecule has 1 heterocycles. The minimum absolute atomic E-state index is 0.0849. The number of nitrogens with zero attached hydrogens (tertiary/aromatic N) is 1. The Morgan fingerprint density at radius 2 is 2.17 bits per heavy atom. The second-order valence-corrected chi connectivity index (χ2v) is 5.42. The molecule has 0 saturated carbocycles. The number of hydrogen-bond donors (Lipinski definition) is 0. The van der Waals surface area contributed by atoms with Crippen LogP contribution in [0.1, 0.15) is 25.8 Å². The Bertz CT molecular complexity index is 474. The van der Waals surface area contributed by atoms with Gasteiger partial charge < -0.3 is 9.57 Å². The molecule has 1 fully saturated rings. The van der Waals surface area contributed by atoms with Gasteiger partial charge in [0.25, 0.3) is 0 Å². The largest absolute Gasteiger partial charge is 0.466 e. The van der Waals surface area contributed by atoms with Crippen LogP contribution in [0.3, 0.4) is 0 Å². The smallest absolute Gasteiger partial charge is 0.332 e. The number of halogens is 1. The number of rotatable bonds is 2. The lowest BCUT2D eigenvalue weighted by atomic mass is 9.93. The van der Waals surface area contributed by atoms with Crippen molar-refractivity contribution in [2.24, 2.45) is 5.16 Å². The summed E-state index contributed by atoms with van der Waals surface area (Å²) in [5, 5.41) is 3.71. The zero-order chi connectivity index (χ0) is 13.2. The summed E-state index contributed by atoms with van der Waals surface area (Å²) in [6.45, 7) is 3.29. The minimum Gasteiger partial charge on any atom is -0.466 e. The normalized spacial score (nSPS) is 29.1. The lowest BCUT2D eigenvalue weighted by Gasteiger charge is -2.27. The molecule has 0 spiro atoms. The first kappa shape index (κ1) is 13.1. The fraction of sp³-hybridized carbons (Fsp3) is 0.385. The molecule has 0 radical (unpaired) electrons. The van der Waals surface area contributed by atoms with Gasteiger partial charge >= 0.3 is 5.97 Å². The third kappa shape index (κ3) is 2.56. The molecule has 1 aliphatic heterocycles. The minimum atomic E-state index is -0.500. The third-order valence-corrected chi connectivity index (χ3v) is 4.10. The molecule has 0 aromatic heterocycles. The molecule has 2 rings (SSSR count). The van der Waals surface area contributed by atoms with Gasteiger partial charge in [0.1, 0.15) is 5.60 Å². The Morgan fingerprint density at radius 1 is 1.50 bits per heavy atom. The maximum atomic E-state index is 10.7. The first-order chi connectivity index (χ1) is 8.52. The number of alkyl halides is 1. The van der Waals surface area contributed by atoms with E-state index in [0.29, 0.717) is 12.3 Å². The number of ether oxygens (including phenoxy) is 1. The molecule has 1 saturated heterocycles. The Balaban J connectivity index is 2.21. The standard InChI is InChI=1S/C13H14BrNO3/c1-9(16)18-15-12-8-11(14)13(2,17-12)10-6-4-3-5-7-10/h3-7,11H,8H2,1-2H3/b15-12-/t11-,13+/m0/s1. The highest BCUT2D eigenvalue weighted by Gasteiger charge is 2.44. The lowest BCUT2D eigenvalue weighted by molar-refractivity contribution is -0.141. The van der Waals surface area contributed by atoms with Gasteiger partial charge in [-0.15, -0.1) is 0 Å². The van der Waals surface area contributed by atoms with Gasteiger partial charge in [-0.25, -0.2) is 4.79 Å². The number of carbonyl (C=O) groups excluding carboxylic acids is 1. The van der Waals surface area contributed by atoms with Gasteiger partial charge in [0.15, 0.2) is 0 Å². The fourth-order valence-corrected chi connectivity index (χ4v) is 2.51. The van der Waals surface area contributed by atoms with Gasteiger partial charge in [-0.1, -0.05) is 46.3 Å². The summed E-state index contributed by atoms with van der Waals surface area (Å²) in [4.78, 5) is 15.4. The van der Waals surface area contributed by atoms with E-state index in [4.69, 9.17) is 4.74 Å². The molecule has 0 bridgehead atoms. The van der Waals surface area contributed by atoms with Crippen LogP contribution in [0.5, 0.6) is 0 Å². The van der Waals surface area contributed by atoms with Gasteiger partial charge in [-0.05, 0) is 17.6 Å². The molecular formula is C13H14BrNO3. The van der Waals surface area contributed by atoms with Crippen molar-refractivity contribution in [2.75, 3.05) is 0 Å². The van der Waals surface area contributed by atoms with Crippen LogP contribution in [0.25, 0.3) is 0 Å². The summed E-state index contributed by atoms with van der Waals surface area (Å²) in [7, 11) is 0. The van der Waals surface area contributed by atoms with Gasteiger partial charge in [0.2, 0.25) is 5.90 Å². The Morgan fingerprint density at radius 3 is 2.78 bits per heavy atom. The molecule has 0 unspecified atom stereocenters. The summed E-state index contributed by atoms with van der Waals surface area (Å²) >= 11 is 3.60. The Hall–Kier alpha value is -1.36. The second kappa shape index (κ2) is 5.10. The second-order valence-electron chi connectivity index (χ2n) is 4.31. The predicted octanol–water partition coefficient (Wildman–Crippen LogP) is 2.96. The molecule has 0 N–H and O–H groups in total. The van der Waals surface area contributed by atoms with E-state index in [1.165, 1.54) is 6.92 Å². The van der Waals surface area contributed by atoms with E-state index in [2.05, 4.69) is 25.9 Å². The highest BCUT2D eigenvalue weighted by molar-refractivity contribution is 9.09.